The summed E-state index contributed by atoms with van der Waals surface area (Å²) >= 11 is 0. The van der Waals surface area contributed by atoms with E-state index in [0.717, 1.165) is 11.1 Å². The topological polar surface area (TPSA) is 43.4 Å². The van der Waals surface area contributed by atoms with Crippen molar-refractivity contribution in [3.05, 3.63) is 77.4 Å². The minimum Gasteiger partial charge on any atom is -0.386 e. The van der Waals surface area contributed by atoms with E-state index in [0.29, 0.717) is 17.0 Å². The van der Waals surface area contributed by atoms with Gasteiger partial charge in [-0.05, 0) is 41.3 Å². The first-order valence-electron chi connectivity index (χ1n) is 7.10. The van der Waals surface area contributed by atoms with Crippen LogP contribution in [0.25, 0.3) is 6.08 Å². The lowest BCUT2D eigenvalue weighted by Crippen LogP contribution is -2.13. The Morgan fingerprint density at radius 2 is 1.64 bits per heavy atom. The number of esters is 2. The molecular formula is C19H18O3. The molecule has 0 atom stereocenters. The highest BCUT2D eigenvalue weighted by Gasteiger charge is 2.15. The zero-order valence-corrected chi connectivity index (χ0v) is 12.7. The smallest absolute Gasteiger partial charge is 0.346 e. The lowest BCUT2D eigenvalue weighted by Gasteiger charge is -2.08. The molecule has 0 aliphatic heterocycles. The lowest BCUT2D eigenvalue weighted by atomic mass is 10.0. The fourth-order valence-corrected chi connectivity index (χ4v) is 1.98. The van der Waals surface area contributed by atoms with Gasteiger partial charge < -0.3 is 4.74 Å². The minimum atomic E-state index is -0.657. The Bertz CT molecular complexity index is 697. The highest BCUT2D eigenvalue weighted by Crippen LogP contribution is 2.16. The summed E-state index contributed by atoms with van der Waals surface area (Å²) < 4.78 is 4.93. The van der Waals surface area contributed by atoms with Crippen molar-refractivity contribution in [2.75, 3.05) is 0 Å². The molecule has 0 aromatic heterocycles. The third kappa shape index (κ3) is 3.70. The van der Waals surface area contributed by atoms with E-state index in [1.165, 1.54) is 0 Å². The quantitative estimate of drug-likeness (QED) is 0.618. The maximum absolute atomic E-state index is 12.1. The van der Waals surface area contributed by atoms with E-state index in [4.69, 9.17) is 4.74 Å². The summed E-state index contributed by atoms with van der Waals surface area (Å²) in [5.41, 5.74) is 2.63. The van der Waals surface area contributed by atoms with E-state index in [1.807, 2.05) is 19.9 Å². The molecule has 0 aliphatic carbocycles. The van der Waals surface area contributed by atoms with E-state index in [-0.39, 0.29) is 0 Å². The van der Waals surface area contributed by atoms with Crippen LogP contribution in [0.4, 0.5) is 0 Å². The molecule has 0 saturated heterocycles. The zero-order chi connectivity index (χ0) is 16.1. The molecule has 0 amide bonds. The van der Waals surface area contributed by atoms with Gasteiger partial charge in [-0.2, -0.15) is 0 Å². The van der Waals surface area contributed by atoms with E-state index in [1.54, 1.807) is 48.5 Å². The van der Waals surface area contributed by atoms with E-state index in [9.17, 15) is 9.59 Å². The van der Waals surface area contributed by atoms with Gasteiger partial charge in [0.2, 0.25) is 0 Å². The molecule has 22 heavy (non-hydrogen) atoms. The van der Waals surface area contributed by atoms with Crippen LogP contribution in [0.2, 0.25) is 0 Å². The summed E-state index contributed by atoms with van der Waals surface area (Å²) in [5.74, 6) is -0.995. The van der Waals surface area contributed by atoms with Gasteiger partial charge in [0.05, 0.1) is 11.1 Å². The first-order valence-corrected chi connectivity index (χ1v) is 7.10. The molecule has 2 aromatic carbocycles. The normalized spacial score (nSPS) is 10.3. The fraction of sp³-hybridized carbons (Fsp3) is 0.158. The number of carbonyl (C=O) groups excluding carboxylic acids is 2. The average molecular weight is 294 g/mol. The van der Waals surface area contributed by atoms with Gasteiger partial charge in [-0.1, -0.05) is 50.8 Å². The standard InChI is InChI=1S/C19H18O3/c1-4-14-8-10-15(11-9-14)18(20)22-19(21)17-7-5-6-16(12-17)13(2)3/h4-13H,1H2,2-3H3. The third-order valence-electron chi connectivity index (χ3n) is 3.36. The fourth-order valence-electron chi connectivity index (χ4n) is 1.98. The van der Waals surface area contributed by atoms with Crippen molar-refractivity contribution in [1.82, 2.24) is 0 Å². The monoisotopic (exact) mass is 294 g/mol. The van der Waals surface area contributed by atoms with Gasteiger partial charge in [-0.3, -0.25) is 0 Å². The third-order valence-corrected chi connectivity index (χ3v) is 3.36. The summed E-state index contributed by atoms with van der Waals surface area (Å²) in [4.78, 5) is 24.0. The predicted molar refractivity (Wildman–Crippen MR) is 86.8 cm³/mol. The van der Waals surface area contributed by atoms with Crippen molar-refractivity contribution < 1.29 is 14.3 Å². The van der Waals surface area contributed by atoms with Gasteiger partial charge >= 0.3 is 11.9 Å². The Hall–Kier alpha value is -2.68. The van der Waals surface area contributed by atoms with Crippen LogP contribution in [0.3, 0.4) is 0 Å². The first kappa shape index (κ1) is 15.7. The summed E-state index contributed by atoms with van der Waals surface area (Å²) in [6.45, 7) is 7.72. The molecule has 112 valence electrons. The zero-order valence-electron chi connectivity index (χ0n) is 12.7. The largest absolute Gasteiger partial charge is 0.386 e. The highest BCUT2D eigenvalue weighted by molar-refractivity contribution is 6.02. The number of rotatable bonds is 4. The summed E-state index contributed by atoms with van der Waals surface area (Å²) in [7, 11) is 0. The molecule has 0 spiro atoms. The van der Waals surface area contributed by atoms with Gasteiger partial charge in [0.25, 0.3) is 0 Å². The highest BCUT2D eigenvalue weighted by atomic mass is 16.6. The van der Waals surface area contributed by atoms with Crippen LogP contribution in [-0.4, -0.2) is 11.9 Å². The number of benzene rings is 2. The molecule has 0 radical (unpaired) electrons. The minimum absolute atomic E-state index is 0.301. The van der Waals surface area contributed by atoms with E-state index in [2.05, 4.69) is 6.58 Å². The van der Waals surface area contributed by atoms with Crippen molar-refractivity contribution in [2.24, 2.45) is 0 Å². The summed E-state index contributed by atoms with van der Waals surface area (Å²) in [6.07, 6.45) is 1.68. The SMILES string of the molecule is C=Cc1ccc(C(=O)OC(=O)c2cccc(C(C)C)c2)cc1. The molecule has 0 saturated carbocycles. The number of ether oxygens (including phenoxy) is 1. The van der Waals surface area contributed by atoms with Crippen molar-refractivity contribution in [2.45, 2.75) is 19.8 Å². The maximum atomic E-state index is 12.1. The molecule has 3 nitrogen and oxygen atoms in total. The van der Waals surface area contributed by atoms with Gasteiger partial charge in [-0.15, -0.1) is 0 Å². The molecule has 0 fully saturated rings. The molecule has 0 N–H and O–H groups in total. The van der Waals surface area contributed by atoms with E-state index >= 15 is 0 Å². The van der Waals surface area contributed by atoms with Crippen molar-refractivity contribution in [1.29, 1.82) is 0 Å². The van der Waals surface area contributed by atoms with Crippen LogP contribution in [-0.2, 0) is 4.74 Å². The molecule has 0 aliphatic rings. The van der Waals surface area contributed by atoms with Crippen LogP contribution < -0.4 is 0 Å². The molecule has 0 heterocycles. The summed E-state index contributed by atoms with van der Waals surface area (Å²) in [5, 5.41) is 0. The van der Waals surface area contributed by atoms with Crippen LogP contribution in [0.15, 0.2) is 55.1 Å². The van der Waals surface area contributed by atoms with Crippen LogP contribution in [0.5, 0.6) is 0 Å². The second kappa shape index (κ2) is 6.85. The Labute approximate surface area is 130 Å². The van der Waals surface area contributed by atoms with Crippen molar-refractivity contribution in [3.63, 3.8) is 0 Å². The van der Waals surface area contributed by atoms with Crippen molar-refractivity contribution >= 4 is 18.0 Å². The van der Waals surface area contributed by atoms with Gasteiger partial charge in [0.1, 0.15) is 0 Å². The van der Waals surface area contributed by atoms with Gasteiger partial charge in [0.15, 0.2) is 0 Å². The maximum Gasteiger partial charge on any atom is 0.346 e. The predicted octanol–water partition coefficient (Wildman–Crippen LogP) is 4.45. The molecule has 3 heteroatoms. The number of hydrogen-bond acceptors (Lipinski definition) is 3. The Balaban J connectivity index is 2.12. The van der Waals surface area contributed by atoms with Crippen LogP contribution >= 0.6 is 0 Å². The van der Waals surface area contributed by atoms with E-state index < -0.39 is 11.9 Å². The summed E-state index contributed by atoms with van der Waals surface area (Å²) in [6, 6.07) is 13.8. The molecule has 2 aromatic rings. The Morgan fingerprint density at radius 1 is 1.00 bits per heavy atom. The molecule has 2 rings (SSSR count). The number of hydrogen-bond donors (Lipinski definition) is 0. The van der Waals surface area contributed by atoms with Crippen molar-refractivity contribution in [3.8, 4) is 0 Å². The van der Waals surface area contributed by atoms with Crippen LogP contribution in [0, 0.1) is 0 Å². The Kier molecular flexibility index (Phi) is 4.89. The van der Waals surface area contributed by atoms with Gasteiger partial charge in [-0.25, -0.2) is 9.59 Å². The van der Waals surface area contributed by atoms with Crippen LogP contribution in [0.1, 0.15) is 51.6 Å². The number of carbonyl (C=O) groups is 2. The average Bonchev–Trinajstić information content (AvgIpc) is 2.54. The second-order valence-corrected chi connectivity index (χ2v) is 5.28. The lowest BCUT2D eigenvalue weighted by molar-refractivity contribution is 0.0397. The Morgan fingerprint density at radius 3 is 2.23 bits per heavy atom. The first-order chi connectivity index (χ1) is 10.5. The second-order valence-electron chi connectivity index (χ2n) is 5.28. The van der Waals surface area contributed by atoms with Gasteiger partial charge in [0, 0.05) is 0 Å². The molecule has 0 unspecified atom stereocenters. The molecule has 0 bridgehead atoms. The molecular weight excluding hydrogens is 276 g/mol.